The van der Waals surface area contributed by atoms with Crippen LogP contribution in [0.2, 0.25) is 0 Å². The van der Waals surface area contributed by atoms with Crippen LogP contribution in [0.3, 0.4) is 0 Å². The molecule has 1 aliphatic carbocycles. The number of hydrogen-bond donors (Lipinski definition) is 2. The van der Waals surface area contributed by atoms with Gasteiger partial charge >= 0.3 is 0 Å². The number of nitrogens with zero attached hydrogens (tertiary/aromatic N) is 3. The van der Waals surface area contributed by atoms with Crippen LogP contribution in [0.15, 0.2) is 53.9 Å². The molecule has 1 fully saturated rings. The molecule has 2 N–H and O–H groups in total. The lowest BCUT2D eigenvalue weighted by Crippen LogP contribution is -2.42. The van der Waals surface area contributed by atoms with E-state index in [1.54, 1.807) is 30.5 Å². The number of likely N-dealkylation sites (tertiary alicyclic amines) is 1. The van der Waals surface area contributed by atoms with E-state index >= 15 is 0 Å². The van der Waals surface area contributed by atoms with E-state index in [1.165, 1.54) is 17.2 Å². The van der Waals surface area contributed by atoms with Gasteiger partial charge in [-0.15, -0.1) is 0 Å². The van der Waals surface area contributed by atoms with Gasteiger partial charge < -0.3 is 15.6 Å². The smallest absolute Gasteiger partial charge is 0.255 e. The number of halogens is 2. The first kappa shape index (κ1) is 18.5. The van der Waals surface area contributed by atoms with Gasteiger partial charge in [-0.2, -0.15) is 5.26 Å². The number of carbonyl (C=O) groups is 1. The Kier molecular flexibility index (Phi) is 5.12. The normalized spacial score (nSPS) is 20.2. The maximum absolute atomic E-state index is 13.2. The molecule has 1 amide bonds. The monoisotopic (exact) mass is 369 g/mol. The molecular formula is C19H17F2N5O. The number of allylic oxidation sites excluding steroid dienone is 5. The molecule has 0 unspecified atom stereocenters. The Labute approximate surface area is 155 Å². The lowest BCUT2D eigenvalue weighted by atomic mass is 10.0. The second kappa shape index (κ2) is 7.50. The van der Waals surface area contributed by atoms with Crippen LogP contribution in [0.4, 0.5) is 14.6 Å². The lowest BCUT2D eigenvalue weighted by molar-refractivity contribution is -0.0494. The highest BCUT2D eigenvalue weighted by atomic mass is 19.3. The van der Waals surface area contributed by atoms with Crippen molar-refractivity contribution in [3.63, 3.8) is 0 Å². The zero-order valence-corrected chi connectivity index (χ0v) is 14.4. The molecule has 0 bridgehead atoms. The van der Waals surface area contributed by atoms with E-state index in [2.05, 4.69) is 10.3 Å². The van der Waals surface area contributed by atoms with Gasteiger partial charge in [-0.05, 0) is 24.3 Å². The Morgan fingerprint density at radius 1 is 1.33 bits per heavy atom. The highest BCUT2D eigenvalue weighted by Gasteiger charge is 2.35. The van der Waals surface area contributed by atoms with Gasteiger partial charge in [0.1, 0.15) is 5.82 Å². The third-order valence-electron chi connectivity index (χ3n) is 4.35. The van der Waals surface area contributed by atoms with Crippen LogP contribution >= 0.6 is 0 Å². The summed E-state index contributed by atoms with van der Waals surface area (Å²) in [6, 6.07) is 5.16. The van der Waals surface area contributed by atoms with E-state index in [0.717, 1.165) is 0 Å². The summed E-state index contributed by atoms with van der Waals surface area (Å²) in [6.07, 6.45) is 7.07. The molecule has 2 aliphatic rings. The van der Waals surface area contributed by atoms with Crippen LogP contribution in [-0.4, -0.2) is 40.5 Å². The third kappa shape index (κ3) is 4.44. The molecule has 0 atom stereocenters. The third-order valence-corrected chi connectivity index (χ3v) is 4.35. The average Bonchev–Trinajstić information content (AvgIpc) is 2.67. The van der Waals surface area contributed by atoms with E-state index < -0.39 is 5.92 Å². The molecule has 1 aliphatic heterocycles. The second-order valence-corrected chi connectivity index (χ2v) is 6.28. The summed E-state index contributed by atoms with van der Waals surface area (Å²) in [6.45, 7) is 0.0646. The number of carbonyl (C=O) groups excluding carboxylic acids is 1. The molecule has 0 spiro atoms. The SMILES string of the molecule is N#CC1=CC(=N)/C(=C\Nc2ccc(C(=O)N3CCC(F)(F)CC3)cn2)C=C1. The van der Waals surface area contributed by atoms with Crippen molar-refractivity contribution >= 4 is 17.4 Å². The number of rotatable bonds is 3. The van der Waals surface area contributed by atoms with E-state index in [1.807, 2.05) is 6.07 Å². The molecule has 8 heteroatoms. The molecule has 138 valence electrons. The van der Waals surface area contributed by atoms with E-state index in [0.29, 0.717) is 22.5 Å². The van der Waals surface area contributed by atoms with Gasteiger partial charge in [0.05, 0.1) is 22.9 Å². The molecular weight excluding hydrogens is 352 g/mol. The van der Waals surface area contributed by atoms with Gasteiger partial charge in [-0.3, -0.25) is 4.79 Å². The highest BCUT2D eigenvalue weighted by Crippen LogP contribution is 2.28. The molecule has 0 aromatic carbocycles. The fourth-order valence-corrected chi connectivity index (χ4v) is 2.73. The van der Waals surface area contributed by atoms with E-state index in [9.17, 15) is 13.6 Å². The summed E-state index contributed by atoms with van der Waals surface area (Å²) in [4.78, 5) is 17.9. The zero-order valence-electron chi connectivity index (χ0n) is 14.4. The molecule has 3 rings (SSSR count). The molecule has 27 heavy (non-hydrogen) atoms. The quantitative estimate of drug-likeness (QED) is 0.855. The van der Waals surface area contributed by atoms with Crippen molar-refractivity contribution < 1.29 is 13.6 Å². The zero-order chi connectivity index (χ0) is 19.4. The Hall–Kier alpha value is -3.34. The largest absolute Gasteiger partial charge is 0.346 e. The Bertz CT molecular complexity index is 884. The summed E-state index contributed by atoms with van der Waals surface area (Å²) in [5.74, 6) is -2.53. The van der Waals surface area contributed by atoms with Crippen LogP contribution < -0.4 is 5.32 Å². The standard InChI is InChI=1S/C19H17F2N5O/c20-19(21)5-7-26(8-6-19)18(27)15-3-4-17(25-12-15)24-11-14-2-1-13(10-22)9-16(14)23/h1-4,9,11-12,23H,5-8H2,(H,24,25)/b14-11-,23-16?. The number of piperidine rings is 1. The van der Waals surface area contributed by atoms with E-state index in [-0.39, 0.29) is 37.6 Å². The Morgan fingerprint density at radius 3 is 2.67 bits per heavy atom. The van der Waals surface area contributed by atoms with E-state index in [4.69, 9.17) is 10.7 Å². The van der Waals surface area contributed by atoms with Crippen LogP contribution in [0.1, 0.15) is 23.2 Å². The van der Waals surface area contributed by atoms with Crippen molar-refractivity contribution in [3.8, 4) is 6.07 Å². The summed E-state index contributed by atoms with van der Waals surface area (Å²) >= 11 is 0. The Morgan fingerprint density at radius 2 is 2.07 bits per heavy atom. The number of amides is 1. The molecule has 6 nitrogen and oxygen atoms in total. The van der Waals surface area contributed by atoms with Gasteiger partial charge in [-0.1, -0.05) is 6.08 Å². The maximum Gasteiger partial charge on any atom is 0.255 e. The van der Waals surface area contributed by atoms with Crippen molar-refractivity contribution in [1.29, 1.82) is 10.7 Å². The first-order valence-electron chi connectivity index (χ1n) is 8.37. The van der Waals surface area contributed by atoms with Crippen LogP contribution in [0, 0.1) is 16.7 Å². The molecule has 1 aromatic heterocycles. The minimum Gasteiger partial charge on any atom is -0.346 e. The number of nitrogens with one attached hydrogen (secondary N) is 2. The van der Waals surface area contributed by atoms with Crippen molar-refractivity contribution in [3.05, 3.63) is 59.5 Å². The molecule has 0 saturated carbocycles. The lowest BCUT2D eigenvalue weighted by Gasteiger charge is -2.31. The molecule has 1 saturated heterocycles. The summed E-state index contributed by atoms with van der Waals surface area (Å²) in [5.41, 5.74) is 1.54. The van der Waals surface area contributed by atoms with Gasteiger partial charge in [-0.25, -0.2) is 13.8 Å². The van der Waals surface area contributed by atoms with Crippen LogP contribution in [0.25, 0.3) is 0 Å². The van der Waals surface area contributed by atoms with Crippen molar-refractivity contribution in [1.82, 2.24) is 9.88 Å². The topological polar surface area (TPSA) is 92.9 Å². The number of pyridine rings is 1. The van der Waals surface area contributed by atoms with Crippen molar-refractivity contribution in [2.75, 3.05) is 18.4 Å². The van der Waals surface area contributed by atoms with Gasteiger partial charge in [0.2, 0.25) is 0 Å². The minimum absolute atomic E-state index is 0.0323. The summed E-state index contributed by atoms with van der Waals surface area (Å²) in [5, 5.41) is 19.6. The Balaban J connectivity index is 1.61. The number of hydrogen-bond acceptors (Lipinski definition) is 5. The molecule has 1 aromatic rings. The highest BCUT2D eigenvalue weighted by molar-refractivity contribution is 6.10. The van der Waals surface area contributed by atoms with Crippen molar-refractivity contribution in [2.45, 2.75) is 18.8 Å². The van der Waals surface area contributed by atoms with Gasteiger partial charge in [0.25, 0.3) is 11.8 Å². The second-order valence-electron chi connectivity index (χ2n) is 6.28. The van der Waals surface area contributed by atoms with Crippen LogP contribution in [0.5, 0.6) is 0 Å². The number of nitriles is 1. The predicted octanol–water partition coefficient (Wildman–Crippen LogP) is 3.29. The minimum atomic E-state index is -2.69. The molecule has 0 radical (unpaired) electrons. The average molecular weight is 369 g/mol. The predicted molar refractivity (Wildman–Crippen MR) is 96.6 cm³/mol. The van der Waals surface area contributed by atoms with Gasteiger partial charge in [0.15, 0.2) is 0 Å². The summed E-state index contributed by atoms with van der Waals surface area (Å²) < 4.78 is 26.4. The van der Waals surface area contributed by atoms with Crippen molar-refractivity contribution in [2.24, 2.45) is 0 Å². The first-order valence-corrected chi connectivity index (χ1v) is 8.37. The molecule has 2 heterocycles. The number of alkyl halides is 2. The number of anilines is 1. The first-order chi connectivity index (χ1) is 12.9. The fourth-order valence-electron chi connectivity index (χ4n) is 2.73. The maximum atomic E-state index is 13.2. The van der Waals surface area contributed by atoms with Crippen LogP contribution in [-0.2, 0) is 0 Å². The fraction of sp³-hybridized carbons (Fsp3) is 0.263. The summed E-state index contributed by atoms with van der Waals surface area (Å²) in [7, 11) is 0. The van der Waals surface area contributed by atoms with Gasteiger partial charge in [0, 0.05) is 43.9 Å². The number of aromatic nitrogens is 1.